The maximum atomic E-state index is 7.32. The molecule has 1 aromatic carbocycles. The van der Waals surface area contributed by atoms with Crippen LogP contribution in [0.1, 0.15) is 12.5 Å². The molecule has 0 fully saturated rings. The van der Waals surface area contributed by atoms with Crippen molar-refractivity contribution in [3.05, 3.63) is 41.2 Å². The van der Waals surface area contributed by atoms with Gasteiger partial charge >= 0.3 is 0 Å². The highest BCUT2D eigenvalue weighted by molar-refractivity contribution is 6.32. The number of nitrogens with one attached hydrogen (secondary N) is 1. The van der Waals surface area contributed by atoms with Crippen LogP contribution >= 0.6 is 11.6 Å². The summed E-state index contributed by atoms with van der Waals surface area (Å²) in [6.45, 7) is 2.77. The van der Waals surface area contributed by atoms with E-state index in [0.29, 0.717) is 22.1 Å². The first kappa shape index (κ1) is 12.4. The summed E-state index contributed by atoms with van der Waals surface area (Å²) in [6, 6.07) is 4.97. The Morgan fingerprint density at radius 1 is 1.56 bits per heavy atom. The van der Waals surface area contributed by atoms with Gasteiger partial charge in [-0.25, -0.2) is 0 Å². The SMILES string of the molecule is CCn1cc(Oc2ccc(C(=N)N)cc2Cl)cn1. The van der Waals surface area contributed by atoms with E-state index in [4.69, 9.17) is 27.5 Å². The molecule has 0 atom stereocenters. The van der Waals surface area contributed by atoms with Crippen molar-refractivity contribution in [2.24, 2.45) is 5.73 Å². The number of rotatable bonds is 4. The van der Waals surface area contributed by atoms with Gasteiger partial charge in [0.25, 0.3) is 0 Å². The van der Waals surface area contributed by atoms with Gasteiger partial charge in [-0.05, 0) is 25.1 Å². The summed E-state index contributed by atoms with van der Waals surface area (Å²) in [6.07, 6.45) is 3.41. The van der Waals surface area contributed by atoms with E-state index in [2.05, 4.69) is 5.10 Å². The van der Waals surface area contributed by atoms with E-state index in [9.17, 15) is 0 Å². The fourth-order valence-electron chi connectivity index (χ4n) is 1.45. The van der Waals surface area contributed by atoms with Crippen LogP contribution in [0.3, 0.4) is 0 Å². The number of halogens is 1. The molecule has 1 heterocycles. The van der Waals surface area contributed by atoms with E-state index < -0.39 is 0 Å². The second-order valence-corrected chi connectivity index (χ2v) is 4.10. The number of amidine groups is 1. The van der Waals surface area contributed by atoms with E-state index in [1.54, 1.807) is 35.3 Å². The molecule has 18 heavy (non-hydrogen) atoms. The zero-order valence-corrected chi connectivity index (χ0v) is 10.6. The van der Waals surface area contributed by atoms with Gasteiger partial charge in [0.1, 0.15) is 11.6 Å². The number of ether oxygens (including phenoxy) is 1. The molecule has 3 N–H and O–H groups in total. The molecule has 0 saturated carbocycles. The smallest absolute Gasteiger partial charge is 0.165 e. The molecular formula is C12H13ClN4O. The number of nitrogens with zero attached hydrogens (tertiary/aromatic N) is 2. The van der Waals surface area contributed by atoms with Crippen molar-refractivity contribution < 1.29 is 4.74 Å². The Balaban J connectivity index is 2.21. The maximum Gasteiger partial charge on any atom is 0.165 e. The highest BCUT2D eigenvalue weighted by Gasteiger charge is 2.07. The molecule has 0 saturated heterocycles. The average molecular weight is 265 g/mol. The van der Waals surface area contributed by atoms with Gasteiger partial charge in [0.2, 0.25) is 0 Å². The Labute approximate surface area is 110 Å². The predicted octanol–water partition coefficient (Wildman–Crippen LogP) is 2.63. The topological polar surface area (TPSA) is 76.9 Å². The average Bonchev–Trinajstić information content (AvgIpc) is 2.79. The molecule has 1 aromatic heterocycles. The van der Waals surface area contributed by atoms with Gasteiger partial charge in [-0.2, -0.15) is 5.10 Å². The second-order valence-electron chi connectivity index (χ2n) is 3.69. The number of nitrogens with two attached hydrogens (primary N) is 1. The van der Waals surface area contributed by atoms with Crippen LogP contribution in [0.2, 0.25) is 5.02 Å². The molecule has 0 spiro atoms. The molecule has 0 aliphatic heterocycles. The predicted molar refractivity (Wildman–Crippen MR) is 70.4 cm³/mol. The summed E-state index contributed by atoms with van der Waals surface area (Å²) in [4.78, 5) is 0. The lowest BCUT2D eigenvalue weighted by molar-refractivity contribution is 0.481. The largest absolute Gasteiger partial charge is 0.452 e. The molecule has 2 rings (SSSR count). The van der Waals surface area contributed by atoms with Crippen LogP contribution < -0.4 is 10.5 Å². The lowest BCUT2D eigenvalue weighted by atomic mass is 10.2. The maximum absolute atomic E-state index is 7.32. The number of nitrogen functional groups attached to an aromatic ring is 1. The molecule has 6 heteroatoms. The summed E-state index contributed by atoms with van der Waals surface area (Å²) in [5, 5.41) is 11.8. The Kier molecular flexibility index (Phi) is 3.53. The van der Waals surface area contributed by atoms with Crippen LogP contribution in [-0.2, 0) is 6.54 Å². The second kappa shape index (κ2) is 5.10. The Hall–Kier alpha value is -2.01. The van der Waals surface area contributed by atoms with E-state index in [-0.39, 0.29) is 5.84 Å². The van der Waals surface area contributed by atoms with Crippen molar-refractivity contribution >= 4 is 17.4 Å². The quantitative estimate of drug-likeness (QED) is 0.658. The van der Waals surface area contributed by atoms with Crippen molar-refractivity contribution in [3.63, 3.8) is 0 Å². The van der Waals surface area contributed by atoms with Crippen molar-refractivity contribution in [2.75, 3.05) is 0 Å². The first-order chi connectivity index (χ1) is 8.60. The summed E-state index contributed by atoms with van der Waals surface area (Å²) < 4.78 is 7.36. The Bertz CT molecular complexity index is 579. The standard InChI is InChI=1S/C12H13ClN4O/c1-2-17-7-9(6-16-17)18-11-4-3-8(12(14)15)5-10(11)13/h3-7H,2H2,1H3,(H3,14,15). The molecule has 94 valence electrons. The minimum absolute atomic E-state index is 0.0257. The summed E-state index contributed by atoms with van der Waals surface area (Å²) in [7, 11) is 0. The number of benzene rings is 1. The summed E-state index contributed by atoms with van der Waals surface area (Å²) >= 11 is 6.06. The number of aryl methyl sites for hydroxylation is 1. The molecule has 5 nitrogen and oxygen atoms in total. The fourth-order valence-corrected chi connectivity index (χ4v) is 1.67. The monoisotopic (exact) mass is 264 g/mol. The van der Waals surface area contributed by atoms with Crippen LogP contribution in [0, 0.1) is 5.41 Å². The molecule has 0 bridgehead atoms. The third kappa shape index (κ3) is 2.62. The van der Waals surface area contributed by atoms with Gasteiger partial charge in [-0.1, -0.05) is 11.6 Å². The zero-order valence-electron chi connectivity index (χ0n) is 9.85. The number of hydrogen-bond donors (Lipinski definition) is 2. The first-order valence-corrected chi connectivity index (χ1v) is 5.82. The first-order valence-electron chi connectivity index (χ1n) is 5.44. The van der Waals surface area contributed by atoms with Crippen molar-refractivity contribution in [2.45, 2.75) is 13.5 Å². The lowest BCUT2D eigenvalue weighted by Crippen LogP contribution is -2.10. The third-order valence-corrected chi connectivity index (χ3v) is 2.70. The van der Waals surface area contributed by atoms with Crippen LogP contribution in [0.15, 0.2) is 30.6 Å². The van der Waals surface area contributed by atoms with Crippen LogP contribution in [-0.4, -0.2) is 15.6 Å². The molecular weight excluding hydrogens is 252 g/mol. The number of aromatic nitrogens is 2. The normalized spacial score (nSPS) is 10.3. The number of hydrogen-bond acceptors (Lipinski definition) is 3. The molecule has 0 aliphatic carbocycles. The van der Waals surface area contributed by atoms with E-state index in [1.165, 1.54) is 0 Å². The van der Waals surface area contributed by atoms with Gasteiger partial charge in [-0.15, -0.1) is 0 Å². The van der Waals surface area contributed by atoms with Crippen LogP contribution in [0.25, 0.3) is 0 Å². The molecule has 0 unspecified atom stereocenters. The minimum atomic E-state index is -0.0257. The van der Waals surface area contributed by atoms with Gasteiger partial charge in [0, 0.05) is 12.1 Å². The zero-order chi connectivity index (χ0) is 13.1. The summed E-state index contributed by atoms with van der Waals surface area (Å²) in [5.74, 6) is 1.11. The van der Waals surface area contributed by atoms with Gasteiger partial charge < -0.3 is 10.5 Å². The van der Waals surface area contributed by atoms with Gasteiger partial charge in [-0.3, -0.25) is 10.1 Å². The van der Waals surface area contributed by atoms with Crippen LogP contribution in [0.4, 0.5) is 0 Å². The van der Waals surface area contributed by atoms with Gasteiger partial charge in [0.15, 0.2) is 5.75 Å². The van der Waals surface area contributed by atoms with Crippen molar-refractivity contribution in [3.8, 4) is 11.5 Å². The summed E-state index contributed by atoms with van der Waals surface area (Å²) in [5.41, 5.74) is 5.94. The Morgan fingerprint density at radius 2 is 2.33 bits per heavy atom. The Morgan fingerprint density at radius 3 is 2.89 bits per heavy atom. The van der Waals surface area contributed by atoms with E-state index in [1.807, 2.05) is 6.92 Å². The van der Waals surface area contributed by atoms with Crippen molar-refractivity contribution in [1.82, 2.24) is 9.78 Å². The molecule has 0 radical (unpaired) electrons. The minimum Gasteiger partial charge on any atom is -0.452 e. The highest BCUT2D eigenvalue weighted by atomic mass is 35.5. The van der Waals surface area contributed by atoms with E-state index >= 15 is 0 Å². The lowest BCUT2D eigenvalue weighted by Gasteiger charge is -2.06. The highest BCUT2D eigenvalue weighted by Crippen LogP contribution is 2.29. The third-order valence-electron chi connectivity index (χ3n) is 2.40. The van der Waals surface area contributed by atoms with Gasteiger partial charge in [0.05, 0.1) is 17.4 Å². The molecule has 0 amide bonds. The van der Waals surface area contributed by atoms with Crippen molar-refractivity contribution in [1.29, 1.82) is 5.41 Å². The van der Waals surface area contributed by atoms with E-state index in [0.717, 1.165) is 6.54 Å². The molecule has 2 aromatic rings. The molecule has 0 aliphatic rings. The fraction of sp³-hybridized carbons (Fsp3) is 0.167. The van der Waals surface area contributed by atoms with Crippen LogP contribution in [0.5, 0.6) is 11.5 Å².